The molecule has 1 aromatic carbocycles. The zero-order valence-corrected chi connectivity index (χ0v) is 11.2. The van der Waals surface area contributed by atoms with Crippen LogP contribution in [0, 0.1) is 24.7 Å². The molecule has 1 aliphatic carbocycles. The van der Waals surface area contributed by atoms with Gasteiger partial charge in [0, 0.05) is 0 Å². The molecule has 3 atom stereocenters. The summed E-state index contributed by atoms with van der Waals surface area (Å²) < 4.78 is 0. The van der Waals surface area contributed by atoms with Gasteiger partial charge in [-0.15, -0.1) is 0 Å². The summed E-state index contributed by atoms with van der Waals surface area (Å²) in [6.45, 7) is 6.13. The standard InChI is InChI=1S/C16H20O2/c1-10-5-4-6-13(7-10)14-8-11(2)15(16(17)18)12(3)9-14/h4-8,11-12,15H,9H2,1-3H3,(H,17,18)/t11-,12+,15+/m0/s1. The highest BCUT2D eigenvalue weighted by molar-refractivity contribution is 5.75. The first-order valence-corrected chi connectivity index (χ1v) is 6.49. The minimum Gasteiger partial charge on any atom is -0.481 e. The van der Waals surface area contributed by atoms with E-state index >= 15 is 0 Å². The molecule has 0 bridgehead atoms. The van der Waals surface area contributed by atoms with Crippen LogP contribution in [0.3, 0.4) is 0 Å². The molecule has 2 nitrogen and oxygen atoms in total. The van der Waals surface area contributed by atoms with Crippen LogP contribution in [-0.4, -0.2) is 11.1 Å². The smallest absolute Gasteiger partial charge is 0.307 e. The maximum Gasteiger partial charge on any atom is 0.307 e. The number of benzene rings is 1. The molecular weight excluding hydrogens is 224 g/mol. The lowest BCUT2D eigenvalue weighted by Gasteiger charge is -2.31. The molecule has 96 valence electrons. The van der Waals surface area contributed by atoms with Gasteiger partial charge in [-0.2, -0.15) is 0 Å². The summed E-state index contributed by atoms with van der Waals surface area (Å²) >= 11 is 0. The van der Waals surface area contributed by atoms with Gasteiger partial charge in [-0.1, -0.05) is 49.8 Å². The van der Waals surface area contributed by atoms with Crippen molar-refractivity contribution in [2.24, 2.45) is 17.8 Å². The summed E-state index contributed by atoms with van der Waals surface area (Å²) in [5.41, 5.74) is 3.77. The third-order valence-electron chi connectivity index (χ3n) is 3.86. The van der Waals surface area contributed by atoms with Crippen molar-refractivity contribution in [1.29, 1.82) is 0 Å². The fraction of sp³-hybridized carbons (Fsp3) is 0.438. The molecule has 0 heterocycles. The number of hydrogen-bond acceptors (Lipinski definition) is 1. The van der Waals surface area contributed by atoms with E-state index in [1.807, 2.05) is 13.8 Å². The van der Waals surface area contributed by atoms with Gasteiger partial charge in [0.2, 0.25) is 0 Å². The number of carboxylic acids is 1. The highest BCUT2D eigenvalue weighted by atomic mass is 16.4. The van der Waals surface area contributed by atoms with Crippen molar-refractivity contribution < 1.29 is 9.90 Å². The molecule has 0 aliphatic heterocycles. The Morgan fingerprint density at radius 3 is 2.61 bits per heavy atom. The first-order chi connectivity index (χ1) is 8.49. The van der Waals surface area contributed by atoms with Gasteiger partial charge < -0.3 is 5.11 Å². The van der Waals surface area contributed by atoms with E-state index in [0.29, 0.717) is 0 Å². The van der Waals surface area contributed by atoms with Crippen LogP contribution >= 0.6 is 0 Å². The van der Waals surface area contributed by atoms with Crippen LogP contribution in [-0.2, 0) is 4.79 Å². The number of allylic oxidation sites excluding steroid dienone is 2. The van der Waals surface area contributed by atoms with Crippen molar-refractivity contribution >= 4 is 11.5 Å². The molecule has 0 unspecified atom stereocenters. The first-order valence-electron chi connectivity index (χ1n) is 6.49. The van der Waals surface area contributed by atoms with Crippen molar-refractivity contribution in [3.63, 3.8) is 0 Å². The van der Waals surface area contributed by atoms with Crippen molar-refractivity contribution in [1.82, 2.24) is 0 Å². The maximum absolute atomic E-state index is 11.2. The summed E-state index contributed by atoms with van der Waals surface area (Å²) in [5, 5.41) is 9.25. The van der Waals surface area contributed by atoms with Gasteiger partial charge in [0.25, 0.3) is 0 Å². The van der Waals surface area contributed by atoms with E-state index in [-0.39, 0.29) is 17.8 Å². The van der Waals surface area contributed by atoms with E-state index in [1.165, 1.54) is 16.7 Å². The molecule has 0 fully saturated rings. The summed E-state index contributed by atoms with van der Waals surface area (Å²) in [5.74, 6) is -0.632. The molecule has 2 heteroatoms. The van der Waals surface area contributed by atoms with Crippen LogP contribution < -0.4 is 0 Å². The second-order valence-electron chi connectivity index (χ2n) is 5.47. The average Bonchev–Trinajstić information content (AvgIpc) is 2.27. The second kappa shape index (κ2) is 4.97. The topological polar surface area (TPSA) is 37.3 Å². The van der Waals surface area contributed by atoms with E-state index in [1.54, 1.807) is 0 Å². The van der Waals surface area contributed by atoms with Crippen LogP contribution in [0.5, 0.6) is 0 Å². The van der Waals surface area contributed by atoms with E-state index in [9.17, 15) is 9.90 Å². The van der Waals surface area contributed by atoms with Crippen molar-refractivity contribution in [3.8, 4) is 0 Å². The molecular formula is C16H20O2. The molecule has 1 aromatic rings. The lowest BCUT2D eigenvalue weighted by Crippen LogP contribution is -2.30. The van der Waals surface area contributed by atoms with Crippen molar-refractivity contribution in [2.45, 2.75) is 27.2 Å². The molecule has 2 rings (SSSR count). The van der Waals surface area contributed by atoms with E-state index < -0.39 is 5.97 Å². The molecule has 18 heavy (non-hydrogen) atoms. The predicted molar refractivity (Wildman–Crippen MR) is 73.2 cm³/mol. The van der Waals surface area contributed by atoms with Gasteiger partial charge in [0.1, 0.15) is 0 Å². The molecule has 1 N–H and O–H groups in total. The highest BCUT2D eigenvalue weighted by Gasteiger charge is 2.33. The van der Waals surface area contributed by atoms with Crippen LogP contribution in [0.15, 0.2) is 30.3 Å². The Kier molecular flexibility index (Phi) is 3.55. The van der Waals surface area contributed by atoms with E-state index in [4.69, 9.17) is 0 Å². The quantitative estimate of drug-likeness (QED) is 0.860. The lowest BCUT2D eigenvalue weighted by atomic mass is 9.73. The number of hydrogen-bond donors (Lipinski definition) is 1. The largest absolute Gasteiger partial charge is 0.481 e. The van der Waals surface area contributed by atoms with Gasteiger partial charge >= 0.3 is 5.97 Å². The highest BCUT2D eigenvalue weighted by Crippen LogP contribution is 2.38. The third-order valence-corrected chi connectivity index (χ3v) is 3.86. The Morgan fingerprint density at radius 1 is 1.33 bits per heavy atom. The van der Waals surface area contributed by atoms with Gasteiger partial charge in [-0.25, -0.2) is 0 Å². The predicted octanol–water partition coefficient (Wildman–Crippen LogP) is 3.76. The molecule has 0 aromatic heterocycles. The molecule has 0 radical (unpaired) electrons. The Bertz CT molecular complexity index is 488. The zero-order valence-electron chi connectivity index (χ0n) is 11.2. The summed E-state index contributed by atoms with van der Waals surface area (Å²) in [7, 11) is 0. The summed E-state index contributed by atoms with van der Waals surface area (Å²) in [6, 6.07) is 8.43. The Balaban J connectivity index is 2.32. The van der Waals surface area contributed by atoms with Gasteiger partial charge in [-0.3, -0.25) is 4.79 Å². The normalized spacial score (nSPS) is 27.7. The number of aryl methyl sites for hydroxylation is 1. The Hall–Kier alpha value is -1.57. The SMILES string of the molecule is Cc1cccc(C2=C[C@H](C)[C@@H](C(=O)O)[C@H](C)C2)c1. The maximum atomic E-state index is 11.2. The second-order valence-corrected chi connectivity index (χ2v) is 5.47. The number of carbonyl (C=O) groups is 1. The number of aliphatic carboxylic acids is 1. The number of carboxylic acid groups (broad SMARTS) is 1. The van der Waals surface area contributed by atoms with Crippen LogP contribution in [0.4, 0.5) is 0 Å². The molecule has 1 aliphatic rings. The van der Waals surface area contributed by atoms with Gasteiger partial charge in [0.15, 0.2) is 0 Å². The Labute approximate surface area is 108 Å². The molecule has 0 spiro atoms. The third kappa shape index (κ3) is 2.47. The van der Waals surface area contributed by atoms with E-state index in [2.05, 4.69) is 37.3 Å². The monoisotopic (exact) mass is 244 g/mol. The fourth-order valence-electron chi connectivity index (χ4n) is 3.01. The van der Waals surface area contributed by atoms with Crippen LogP contribution in [0.25, 0.3) is 5.57 Å². The van der Waals surface area contributed by atoms with Gasteiger partial charge in [-0.05, 0) is 36.3 Å². The van der Waals surface area contributed by atoms with E-state index in [0.717, 1.165) is 6.42 Å². The van der Waals surface area contributed by atoms with Crippen LogP contribution in [0.2, 0.25) is 0 Å². The first kappa shape index (κ1) is 12.9. The molecule has 0 amide bonds. The summed E-state index contributed by atoms with van der Waals surface area (Å²) in [6.07, 6.45) is 2.98. The van der Waals surface area contributed by atoms with Crippen molar-refractivity contribution in [2.75, 3.05) is 0 Å². The summed E-state index contributed by atoms with van der Waals surface area (Å²) in [4.78, 5) is 11.2. The fourth-order valence-corrected chi connectivity index (χ4v) is 3.01. The van der Waals surface area contributed by atoms with Crippen molar-refractivity contribution in [3.05, 3.63) is 41.5 Å². The van der Waals surface area contributed by atoms with Gasteiger partial charge in [0.05, 0.1) is 5.92 Å². The zero-order chi connectivity index (χ0) is 13.3. The average molecular weight is 244 g/mol. The number of rotatable bonds is 2. The minimum absolute atomic E-state index is 0.0989. The molecule has 0 saturated carbocycles. The lowest BCUT2D eigenvalue weighted by molar-refractivity contribution is -0.144. The molecule has 0 saturated heterocycles. The Morgan fingerprint density at radius 2 is 2.06 bits per heavy atom. The minimum atomic E-state index is -0.672. The van der Waals surface area contributed by atoms with Crippen LogP contribution in [0.1, 0.15) is 31.4 Å².